The van der Waals surface area contributed by atoms with E-state index in [2.05, 4.69) is 15.4 Å². The minimum Gasteiger partial charge on any atom is -0.463 e. The van der Waals surface area contributed by atoms with Gasteiger partial charge in [0.05, 0.1) is 25.7 Å². The number of hydrogen-bond donors (Lipinski definition) is 1. The zero-order valence-corrected chi connectivity index (χ0v) is 12.1. The Balaban J connectivity index is 1.58. The van der Waals surface area contributed by atoms with Crippen LogP contribution in [0.2, 0.25) is 0 Å². The van der Waals surface area contributed by atoms with E-state index in [4.69, 9.17) is 9.15 Å². The monoisotopic (exact) mass is 299 g/mol. The number of furan rings is 1. The largest absolute Gasteiger partial charge is 0.463 e. The number of ether oxygens (including phenoxy) is 1. The molecular formula is C16H17N3O3. The SMILES string of the molecule is O=C(N/N=C/c1ccco1)c1ccc(N2CCOCC2)cc1. The van der Waals surface area contributed by atoms with Crippen molar-refractivity contribution in [3.8, 4) is 0 Å². The zero-order chi connectivity index (χ0) is 15.2. The summed E-state index contributed by atoms with van der Waals surface area (Å²) in [4.78, 5) is 14.2. The number of morpholine rings is 1. The number of benzene rings is 1. The molecule has 1 amide bonds. The third-order valence-electron chi connectivity index (χ3n) is 3.41. The lowest BCUT2D eigenvalue weighted by atomic mass is 10.2. The molecule has 114 valence electrons. The summed E-state index contributed by atoms with van der Waals surface area (Å²) in [6.07, 6.45) is 3.01. The Labute approximate surface area is 128 Å². The summed E-state index contributed by atoms with van der Waals surface area (Å²) in [5, 5.41) is 3.86. The van der Waals surface area contributed by atoms with Crippen LogP contribution in [0.1, 0.15) is 16.1 Å². The highest BCUT2D eigenvalue weighted by atomic mass is 16.5. The first kappa shape index (κ1) is 14.3. The highest BCUT2D eigenvalue weighted by molar-refractivity contribution is 5.95. The first-order valence-corrected chi connectivity index (χ1v) is 7.12. The molecule has 0 bridgehead atoms. The Morgan fingerprint density at radius 2 is 1.95 bits per heavy atom. The first-order chi connectivity index (χ1) is 10.8. The van der Waals surface area contributed by atoms with Crippen molar-refractivity contribution < 1.29 is 13.9 Å². The van der Waals surface area contributed by atoms with Crippen molar-refractivity contribution in [1.82, 2.24) is 5.43 Å². The summed E-state index contributed by atoms with van der Waals surface area (Å²) >= 11 is 0. The third-order valence-corrected chi connectivity index (χ3v) is 3.41. The van der Waals surface area contributed by atoms with Gasteiger partial charge in [0.1, 0.15) is 5.76 Å². The molecule has 1 aromatic heterocycles. The molecule has 2 heterocycles. The summed E-state index contributed by atoms with van der Waals surface area (Å²) in [7, 11) is 0. The van der Waals surface area contributed by atoms with Crippen LogP contribution in [0.4, 0.5) is 5.69 Å². The number of carbonyl (C=O) groups is 1. The van der Waals surface area contributed by atoms with Crippen molar-refractivity contribution in [2.45, 2.75) is 0 Å². The Kier molecular flexibility index (Phi) is 4.50. The van der Waals surface area contributed by atoms with Gasteiger partial charge < -0.3 is 14.1 Å². The number of nitrogens with one attached hydrogen (secondary N) is 1. The topological polar surface area (TPSA) is 67.1 Å². The van der Waals surface area contributed by atoms with Crippen LogP contribution >= 0.6 is 0 Å². The highest BCUT2D eigenvalue weighted by Crippen LogP contribution is 2.16. The maximum absolute atomic E-state index is 12.0. The van der Waals surface area contributed by atoms with E-state index in [1.54, 1.807) is 30.5 Å². The second-order valence-corrected chi connectivity index (χ2v) is 4.86. The summed E-state index contributed by atoms with van der Waals surface area (Å²) in [5.74, 6) is 0.333. The summed E-state index contributed by atoms with van der Waals surface area (Å²) in [5.41, 5.74) is 4.13. The molecule has 6 heteroatoms. The Morgan fingerprint density at radius 1 is 1.18 bits per heavy atom. The summed E-state index contributed by atoms with van der Waals surface area (Å²) in [6, 6.07) is 11.0. The van der Waals surface area contributed by atoms with Gasteiger partial charge >= 0.3 is 0 Å². The van der Waals surface area contributed by atoms with E-state index in [-0.39, 0.29) is 5.91 Å². The number of nitrogens with zero attached hydrogens (tertiary/aromatic N) is 2. The molecule has 6 nitrogen and oxygen atoms in total. The second-order valence-electron chi connectivity index (χ2n) is 4.86. The van der Waals surface area contributed by atoms with Gasteiger partial charge in [0.2, 0.25) is 0 Å². The van der Waals surface area contributed by atoms with E-state index in [1.807, 2.05) is 12.1 Å². The van der Waals surface area contributed by atoms with Gasteiger partial charge in [-0.05, 0) is 36.4 Å². The molecule has 0 spiro atoms. The third kappa shape index (κ3) is 3.53. The predicted octanol–water partition coefficient (Wildman–Crippen LogP) is 1.88. The van der Waals surface area contributed by atoms with Crippen LogP contribution in [-0.2, 0) is 4.74 Å². The normalized spacial score (nSPS) is 15.2. The molecule has 1 aromatic carbocycles. The summed E-state index contributed by atoms with van der Waals surface area (Å²) in [6.45, 7) is 3.23. The molecule has 2 aromatic rings. The molecule has 0 saturated carbocycles. The maximum Gasteiger partial charge on any atom is 0.271 e. The van der Waals surface area contributed by atoms with Crippen LogP contribution in [0.15, 0.2) is 52.2 Å². The van der Waals surface area contributed by atoms with Crippen LogP contribution in [0, 0.1) is 0 Å². The molecule has 0 aliphatic carbocycles. The number of amides is 1. The maximum atomic E-state index is 12.0. The molecule has 22 heavy (non-hydrogen) atoms. The molecule has 1 aliphatic heterocycles. The van der Waals surface area contributed by atoms with Gasteiger partial charge in [-0.2, -0.15) is 5.10 Å². The number of carbonyl (C=O) groups excluding carboxylic acids is 1. The Morgan fingerprint density at radius 3 is 2.64 bits per heavy atom. The van der Waals surface area contributed by atoms with Crippen LogP contribution in [0.3, 0.4) is 0 Å². The number of anilines is 1. The van der Waals surface area contributed by atoms with Gasteiger partial charge in [0.15, 0.2) is 0 Å². The van der Waals surface area contributed by atoms with Crippen LogP contribution < -0.4 is 10.3 Å². The number of hydrazone groups is 1. The lowest BCUT2D eigenvalue weighted by Gasteiger charge is -2.28. The lowest BCUT2D eigenvalue weighted by molar-refractivity contribution is 0.0955. The van der Waals surface area contributed by atoms with E-state index in [0.29, 0.717) is 11.3 Å². The van der Waals surface area contributed by atoms with Gasteiger partial charge in [0.25, 0.3) is 5.91 Å². The number of rotatable bonds is 4. The predicted molar refractivity (Wildman–Crippen MR) is 83.2 cm³/mol. The molecule has 0 unspecified atom stereocenters. The molecule has 1 N–H and O–H groups in total. The van der Waals surface area contributed by atoms with Gasteiger partial charge in [-0.3, -0.25) is 4.79 Å². The van der Waals surface area contributed by atoms with E-state index in [0.717, 1.165) is 32.0 Å². The fraction of sp³-hybridized carbons (Fsp3) is 0.250. The molecule has 0 atom stereocenters. The minimum atomic E-state index is -0.253. The average molecular weight is 299 g/mol. The lowest BCUT2D eigenvalue weighted by Crippen LogP contribution is -2.36. The molecule has 1 saturated heterocycles. The minimum absolute atomic E-state index is 0.253. The van der Waals surface area contributed by atoms with Gasteiger partial charge in [-0.15, -0.1) is 0 Å². The van der Waals surface area contributed by atoms with Gasteiger partial charge in [-0.25, -0.2) is 5.43 Å². The molecule has 0 radical (unpaired) electrons. The van der Waals surface area contributed by atoms with Crippen LogP contribution in [0.5, 0.6) is 0 Å². The second kappa shape index (κ2) is 6.91. The molecule has 1 fully saturated rings. The molecule has 3 rings (SSSR count). The van der Waals surface area contributed by atoms with Gasteiger partial charge in [-0.1, -0.05) is 0 Å². The van der Waals surface area contributed by atoms with Crippen molar-refractivity contribution >= 4 is 17.8 Å². The smallest absolute Gasteiger partial charge is 0.271 e. The molecular weight excluding hydrogens is 282 g/mol. The van der Waals surface area contributed by atoms with E-state index in [9.17, 15) is 4.79 Å². The first-order valence-electron chi connectivity index (χ1n) is 7.12. The number of hydrogen-bond acceptors (Lipinski definition) is 5. The molecule has 1 aliphatic rings. The fourth-order valence-corrected chi connectivity index (χ4v) is 2.23. The Bertz CT molecular complexity index is 629. The fourth-order valence-electron chi connectivity index (χ4n) is 2.23. The van der Waals surface area contributed by atoms with Crippen molar-refractivity contribution in [3.63, 3.8) is 0 Å². The average Bonchev–Trinajstić information content (AvgIpc) is 3.09. The van der Waals surface area contributed by atoms with Crippen molar-refractivity contribution in [1.29, 1.82) is 0 Å². The van der Waals surface area contributed by atoms with E-state index in [1.165, 1.54) is 6.21 Å². The zero-order valence-electron chi connectivity index (χ0n) is 12.1. The van der Waals surface area contributed by atoms with Gasteiger partial charge in [0, 0.05) is 24.3 Å². The van der Waals surface area contributed by atoms with Crippen molar-refractivity contribution in [2.75, 3.05) is 31.2 Å². The quantitative estimate of drug-likeness (QED) is 0.691. The van der Waals surface area contributed by atoms with Crippen molar-refractivity contribution in [3.05, 3.63) is 54.0 Å². The van der Waals surface area contributed by atoms with Crippen molar-refractivity contribution in [2.24, 2.45) is 5.10 Å². The highest BCUT2D eigenvalue weighted by Gasteiger charge is 2.11. The van der Waals surface area contributed by atoms with E-state index < -0.39 is 0 Å². The summed E-state index contributed by atoms with van der Waals surface area (Å²) < 4.78 is 10.4. The standard InChI is InChI=1S/C16H17N3O3/c20-16(18-17-12-15-2-1-9-22-15)13-3-5-14(6-4-13)19-7-10-21-11-8-19/h1-6,9,12H,7-8,10-11H2,(H,18,20)/b17-12+. The van der Waals surface area contributed by atoms with Crippen LogP contribution in [0.25, 0.3) is 0 Å². The van der Waals surface area contributed by atoms with Crippen LogP contribution in [-0.4, -0.2) is 38.4 Å². The Hall–Kier alpha value is -2.60. The van der Waals surface area contributed by atoms with E-state index >= 15 is 0 Å².